The lowest BCUT2D eigenvalue weighted by Crippen LogP contribution is -2.29. The summed E-state index contributed by atoms with van der Waals surface area (Å²) >= 11 is 0. The van der Waals surface area contributed by atoms with Gasteiger partial charge in [-0.3, -0.25) is 4.79 Å². The minimum Gasteiger partial charge on any atom is -0.383 e. The molecule has 8 nitrogen and oxygen atoms in total. The number of aromatic amines is 1. The molecule has 1 amide bonds. The average molecular weight is 409 g/mol. The summed E-state index contributed by atoms with van der Waals surface area (Å²) in [5.74, 6) is 0.00912. The molecule has 0 saturated heterocycles. The van der Waals surface area contributed by atoms with Crippen LogP contribution in [0.5, 0.6) is 0 Å². The standard InChI is InChI=1S/C21H24FN7O/c1-11(22)9-24-20(30)15-7-12-5-6-13(8-14(12)27-15)17-16-18(23)25-10-26-19(16)29(28-17)21(2,3)4/h5-8,10-11,27H,9H2,1-4H3,(H,24,30)(H2,23,25,26). The largest absolute Gasteiger partial charge is 0.383 e. The Bertz CT molecular complexity index is 1250. The van der Waals surface area contributed by atoms with Gasteiger partial charge in [-0.1, -0.05) is 12.1 Å². The Kier molecular flexibility index (Phi) is 4.68. The highest BCUT2D eigenvalue weighted by Gasteiger charge is 2.24. The molecule has 0 spiro atoms. The smallest absolute Gasteiger partial charge is 0.267 e. The topological polar surface area (TPSA) is 115 Å². The van der Waals surface area contributed by atoms with E-state index in [0.29, 0.717) is 28.2 Å². The maximum absolute atomic E-state index is 13.0. The number of carbonyl (C=O) groups excluding carboxylic acids is 1. The molecule has 1 aromatic carbocycles. The van der Waals surface area contributed by atoms with Crippen molar-refractivity contribution >= 4 is 33.7 Å². The fourth-order valence-electron chi connectivity index (χ4n) is 3.37. The van der Waals surface area contributed by atoms with Crippen molar-refractivity contribution in [1.82, 2.24) is 30.0 Å². The van der Waals surface area contributed by atoms with Crippen LogP contribution in [0.15, 0.2) is 30.6 Å². The number of aromatic nitrogens is 5. The molecule has 156 valence electrons. The number of hydrogen-bond donors (Lipinski definition) is 3. The number of nitrogens with zero attached hydrogens (tertiary/aromatic N) is 4. The predicted octanol–water partition coefficient (Wildman–Crippen LogP) is 3.40. The van der Waals surface area contributed by atoms with Gasteiger partial charge in [0.2, 0.25) is 0 Å². The maximum atomic E-state index is 13.0. The molecule has 0 saturated carbocycles. The first-order chi connectivity index (χ1) is 14.1. The average Bonchev–Trinajstić information content (AvgIpc) is 3.27. The van der Waals surface area contributed by atoms with Crippen LogP contribution in [-0.2, 0) is 5.54 Å². The molecule has 4 aromatic rings. The van der Waals surface area contributed by atoms with Gasteiger partial charge in [-0.15, -0.1) is 0 Å². The molecule has 0 aliphatic carbocycles. The number of halogens is 1. The van der Waals surface area contributed by atoms with Crippen molar-refractivity contribution in [3.05, 3.63) is 36.3 Å². The summed E-state index contributed by atoms with van der Waals surface area (Å²) in [6.07, 6.45) is 0.326. The number of nitrogens with one attached hydrogen (secondary N) is 2. The Morgan fingerprint density at radius 2 is 2.07 bits per heavy atom. The number of rotatable bonds is 4. The molecule has 0 aliphatic rings. The number of alkyl halides is 1. The van der Waals surface area contributed by atoms with Crippen molar-refractivity contribution in [1.29, 1.82) is 0 Å². The molecule has 30 heavy (non-hydrogen) atoms. The summed E-state index contributed by atoms with van der Waals surface area (Å²) in [5, 5.41) is 8.90. The van der Waals surface area contributed by atoms with Gasteiger partial charge >= 0.3 is 0 Å². The van der Waals surface area contributed by atoms with Gasteiger partial charge in [-0.05, 0) is 39.8 Å². The molecular formula is C21H24FN7O. The summed E-state index contributed by atoms with van der Waals surface area (Å²) in [4.78, 5) is 23.9. The molecule has 0 bridgehead atoms. The van der Waals surface area contributed by atoms with Crippen LogP contribution in [0.3, 0.4) is 0 Å². The summed E-state index contributed by atoms with van der Waals surface area (Å²) in [6.45, 7) is 7.49. The zero-order chi connectivity index (χ0) is 21.6. The Balaban J connectivity index is 1.81. The van der Waals surface area contributed by atoms with Crippen molar-refractivity contribution in [3.8, 4) is 11.3 Å². The fraction of sp³-hybridized carbons (Fsp3) is 0.333. The summed E-state index contributed by atoms with van der Waals surface area (Å²) < 4.78 is 14.9. The Morgan fingerprint density at radius 3 is 2.77 bits per heavy atom. The third-order valence-electron chi connectivity index (χ3n) is 4.81. The third-order valence-corrected chi connectivity index (χ3v) is 4.81. The fourth-order valence-corrected chi connectivity index (χ4v) is 3.37. The van der Waals surface area contributed by atoms with Gasteiger partial charge < -0.3 is 16.0 Å². The van der Waals surface area contributed by atoms with E-state index in [0.717, 1.165) is 16.5 Å². The zero-order valence-electron chi connectivity index (χ0n) is 17.3. The van der Waals surface area contributed by atoms with Crippen LogP contribution in [-0.4, -0.2) is 43.4 Å². The second-order valence-corrected chi connectivity index (χ2v) is 8.36. The van der Waals surface area contributed by atoms with E-state index in [1.807, 2.05) is 43.7 Å². The van der Waals surface area contributed by atoms with Gasteiger partial charge in [0.05, 0.1) is 10.9 Å². The van der Waals surface area contributed by atoms with Gasteiger partial charge in [0.1, 0.15) is 29.7 Å². The number of amides is 1. The first kappa shape index (κ1) is 19.8. The SMILES string of the molecule is CC(F)CNC(=O)c1cc2ccc(-c3nn(C(C)(C)C)c4ncnc(N)c34)cc2[nH]1. The molecule has 4 N–H and O–H groups in total. The van der Waals surface area contributed by atoms with E-state index in [1.54, 1.807) is 6.07 Å². The van der Waals surface area contributed by atoms with E-state index in [9.17, 15) is 9.18 Å². The Labute approximate surface area is 172 Å². The molecule has 0 aliphatic heterocycles. The summed E-state index contributed by atoms with van der Waals surface area (Å²) in [6, 6.07) is 7.46. The summed E-state index contributed by atoms with van der Waals surface area (Å²) in [5.41, 5.74) is 9.16. The van der Waals surface area contributed by atoms with Crippen molar-refractivity contribution in [3.63, 3.8) is 0 Å². The number of H-pyrrole nitrogens is 1. The first-order valence-corrected chi connectivity index (χ1v) is 9.70. The molecule has 9 heteroatoms. The van der Waals surface area contributed by atoms with Gasteiger partial charge in [-0.2, -0.15) is 5.10 Å². The van der Waals surface area contributed by atoms with Crippen LogP contribution >= 0.6 is 0 Å². The number of benzene rings is 1. The van der Waals surface area contributed by atoms with Gasteiger partial charge in [0.25, 0.3) is 5.91 Å². The number of hydrogen-bond acceptors (Lipinski definition) is 5. The minimum atomic E-state index is -1.11. The number of nitrogen functional groups attached to an aromatic ring is 1. The molecule has 0 fully saturated rings. The highest BCUT2D eigenvalue weighted by molar-refractivity contribution is 6.02. The summed E-state index contributed by atoms with van der Waals surface area (Å²) in [7, 11) is 0. The lowest BCUT2D eigenvalue weighted by atomic mass is 10.1. The van der Waals surface area contributed by atoms with Crippen LogP contribution < -0.4 is 11.1 Å². The van der Waals surface area contributed by atoms with Gasteiger partial charge in [0.15, 0.2) is 5.65 Å². The second-order valence-electron chi connectivity index (χ2n) is 8.36. The Morgan fingerprint density at radius 1 is 1.30 bits per heavy atom. The molecule has 4 rings (SSSR count). The highest BCUT2D eigenvalue weighted by Crippen LogP contribution is 2.34. The van der Waals surface area contributed by atoms with Crippen LogP contribution in [0.4, 0.5) is 10.2 Å². The van der Waals surface area contributed by atoms with Crippen LogP contribution in [0.25, 0.3) is 33.2 Å². The highest BCUT2D eigenvalue weighted by atomic mass is 19.1. The van der Waals surface area contributed by atoms with Gasteiger partial charge in [-0.25, -0.2) is 19.0 Å². The van der Waals surface area contributed by atoms with E-state index in [1.165, 1.54) is 13.3 Å². The number of anilines is 1. The normalized spacial score (nSPS) is 13.1. The second kappa shape index (κ2) is 7.08. The monoisotopic (exact) mass is 409 g/mol. The number of nitrogens with two attached hydrogens (primary N) is 1. The Hall–Kier alpha value is -3.49. The quantitative estimate of drug-likeness (QED) is 0.478. The first-order valence-electron chi connectivity index (χ1n) is 9.70. The molecule has 3 heterocycles. The van der Waals surface area contributed by atoms with Gasteiger partial charge in [0, 0.05) is 23.0 Å². The van der Waals surface area contributed by atoms with Crippen molar-refractivity contribution in [2.75, 3.05) is 12.3 Å². The third kappa shape index (κ3) is 3.47. The molecule has 0 radical (unpaired) electrons. The van der Waals surface area contributed by atoms with E-state index in [2.05, 4.69) is 20.3 Å². The number of carbonyl (C=O) groups is 1. The molecule has 1 unspecified atom stereocenters. The zero-order valence-corrected chi connectivity index (χ0v) is 17.3. The van der Waals surface area contributed by atoms with Crippen LogP contribution in [0.1, 0.15) is 38.2 Å². The van der Waals surface area contributed by atoms with E-state index < -0.39 is 6.17 Å². The van der Waals surface area contributed by atoms with Crippen LogP contribution in [0.2, 0.25) is 0 Å². The van der Waals surface area contributed by atoms with E-state index in [-0.39, 0.29) is 18.0 Å². The van der Waals surface area contributed by atoms with E-state index in [4.69, 9.17) is 10.8 Å². The minimum absolute atomic E-state index is 0.0328. The van der Waals surface area contributed by atoms with Crippen molar-refractivity contribution < 1.29 is 9.18 Å². The van der Waals surface area contributed by atoms with Crippen molar-refractivity contribution in [2.24, 2.45) is 0 Å². The van der Waals surface area contributed by atoms with E-state index >= 15 is 0 Å². The molecular weight excluding hydrogens is 385 g/mol. The number of fused-ring (bicyclic) bond motifs is 2. The molecule has 1 atom stereocenters. The lowest BCUT2D eigenvalue weighted by molar-refractivity contribution is 0.0939. The maximum Gasteiger partial charge on any atom is 0.267 e. The predicted molar refractivity (Wildman–Crippen MR) is 115 cm³/mol. The van der Waals surface area contributed by atoms with Crippen LogP contribution in [0, 0.1) is 0 Å². The van der Waals surface area contributed by atoms with Crippen molar-refractivity contribution in [2.45, 2.75) is 39.4 Å². The molecule has 3 aromatic heterocycles. The lowest BCUT2D eigenvalue weighted by Gasteiger charge is -2.19.